The molecule has 2 rings (SSSR count). The molecule has 2 heterocycles. The average molecular weight is 225 g/mol. The summed E-state index contributed by atoms with van der Waals surface area (Å²) in [6.07, 6.45) is 3.58. The topological polar surface area (TPSA) is 74.2 Å². The molecule has 0 radical (unpaired) electrons. The molecule has 0 aromatic carbocycles. The lowest BCUT2D eigenvalue weighted by molar-refractivity contribution is 0.0778. The molecule has 16 heavy (non-hydrogen) atoms. The van der Waals surface area contributed by atoms with E-state index in [9.17, 15) is 0 Å². The highest BCUT2D eigenvalue weighted by Crippen LogP contribution is 2.25. The maximum atomic E-state index is 5.85. The van der Waals surface area contributed by atoms with Crippen LogP contribution in [0.3, 0.4) is 0 Å². The minimum atomic E-state index is 0.125. The smallest absolute Gasteiger partial charge is 0.229 e. The monoisotopic (exact) mass is 225 g/mol. The van der Waals surface area contributed by atoms with Crippen LogP contribution in [-0.2, 0) is 11.2 Å². The second-order valence-corrected chi connectivity index (χ2v) is 4.31. The normalized spacial score (nSPS) is 19.9. The SMILES string of the molecule is CCC(N)Cc1noc(C2CCOCC2)n1. The Balaban J connectivity index is 1.95. The van der Waals surface area contributed by atoms with Gasteiger partial charge < -0.3 is 15.0 Å². The molecule has 0 amide bonds. The number of hydrogen-bond acceptors (Lipinski definition) is 5. The zero-order valence-electron chi connectivity index (χ0n) is 9.69. The summed E-state index contributed by atoms with van der Waals surface area (Å²) in [5, 5.41) is 3.97. The maximum Gasteiger partial charge on any atom is 0.229 e. The van der Waals surface area contributed by atoms with Gasteiger partial charge in [0.25, 0.3) is 0 Å². The number of aromatic nitrogens is 2. The van der Waals surface area contributed by atoms with E-state index >= 15 is 0 Å². The van der Waals surface area contributed by atoms with Crippen molar-refractivity contribution < 1.29 is 9.26 Å². The summed E-state index contributed by atoms with van der Waals surface area (Å²) in [5.41, 5.74) is 5.85. The molecule has 1 unspecified atom stereocenters. The lowest BCUT2D eigenvalue weighted by Crippen LogP contribution is -2.22. The summed E-state index contributed by atoms with van der Waals surface area (Å²) in [4.78, 5) is 4.41. The quantitative estimate of drug-likeness (QED) is 0.834. The Morgan fingerprint density at radius 3 is 2.88 bits per heavy atom. The van der Waals surface area contributed by atoms with Crippen LogP contribution in [0.1, 0.15) is 43.8 Å². The van der Waals surface area contributed by atoms with Crippen LogP contribution >= 0.6 is 0 Å². The van der Waals surface area contributed by atoms with Crippen LogP contribution in [0, 0.1) is 0 Å². The van der Waals surface area contributed by atoms with Crippen molar-refractivity contribution in [3.05, 3.63) is 11.7 Å². The summed E-state index contributed by atoms with van der Waals surface area (Å²) >= 11 is 0. The number of ether oxygens (including phenoxy) is 1. The molecular formula is C11H19N3O2. The Morgan fingerprint density at radius 2 is 2.19 bits per heavy atom. The molecule has 5 nitrogen and oxygen atoms in total. The summed E-state index contributed by atoms with van der Waals surface area (Å²) in [7, 11) is 0. The average Bonchev–Trinajstić information content (AvgIpc) is 2.78. The Hall–Kier alpha value is -0.940. The third-order valence-corrected chi connectivity index (χ3v) is 3.02. The predicted molar refractivity (Wildman–Crippen MR) is 59.1 cm³/mol. The van der Waals surface area contributed by atoms with Crippen molar-refractivity contribution >= 4 is 0 Å². The van der Waals surface area contributed by atoms with Gasteiger partial charge in [0, 0.05) is 31.6 Å². The summed E-state index contributed by atoms with van der Waals surface area (Å²) in [6, 6.07) is 0.125. The molecule has 0 saturated carbocycles. The van der Waals surface area contributed by atoms with Gasteiger partial charge in [-0.1, -0.05) is 12.1 Å². The maximum absolute atomic E-state index is 5.85. The van der Waals surface area contributed by atoms with E-state index in [0.717, 1.165) is 44.2 Å². The second kappa shape index (κ2) is 5.41. The van der Waals surface area contributed by atoms with Gasteiger partial charge in [0.1, 0.15) is 0 Å². The molecule has 5 heteroatoms. The van der Waals surface area contributed by atoms with E-state index < -0.39 is 0 Å². The van der Waals surface area contributed by atoms with Gasteiger partial charge in [0.05, 0.1) is 0 Å². The van der Waals surface area contributed by atoms with E-state index in [-0.39, 0.29) is 6.04 Å². The molecule has 1 aromatic heterocycles. The van der Waals surface area contributed by atoms with Gasteiger partial charge in [-0.25, -0.2) is 0 Å². The first-order chi connectivity index (χ1) is 7.79. The second-order valence-electron chi connectivity index (χ2n) is 4.31. The van der Waals surface area contributed by atoms with Gasteiger partial charge in [-0.3, -0.25) is 0 Å². The summed E-state index contributed by atoms with van der Waals surface area (Å²) < 4.78 is 10.6. The van der Waals surface area contributed by atoms with Gasteiger partial charge in [-0.05, 0) is 19.3 Å². The molecule has 0 aliphatic carbocycles. The predicted octanol–water partition coefficient (Wildman–Crippen LogP) is 1.24. The number of rotatable bonds is 4. The van der Waals surface area contributed by atoms with Crippen molar-refractivity contribution in [2.75, 3.05) is 13.2 Å². The fourth-order valence-electron chi connectivity index (χ4n) is 1.84. The Morgan fingerprint density at radius 1 is 1.44 bits per heavy atom. The van der Waals surface area contributed by atoms with E-state index in [0.29, 0.717) is 12.3 Å². The molecular weight excluding hydrogens is 206 g/mol. The standard InChI is InChI=1S/C11H19N3O2/c1-2-9(12)7-10-13-11(16-14-10)8-3-5-15-6-4-8/h8-9H,2-7,12H2,1H3. The minimum absolute atomic E-state index is 0.125. The zero-order valence-corrected chi connectivity index (χ0v) is 9.69. The van der Waals surface area contributed by atoms with E-state index in [2.05, 4.69) is 17.1 Å². The first-order valence-electron chi connectivity index (χ1n) is 5.95. The third kappa shape index (κ3) is 2.80. The fourth-order valence-corrected chi connectivity index (χ4v) is 1.84. The molecule has 2 N–H and O–H groups in total. The van der Waals surface area contributed by atoms with E-state index in [1.807, 2.05) is 0 Å². The van der Waals surface area contributed by atoms with E-state index in [1.165, 1.54) is 0 Å². The molecule has 0 bridgehead atoms. The number of nitrogens with zero attached hydrogens (tertiary/aromatic N) is 2. The minimum Gasteiger partial charge on any atom is -0.381 e. The highest BCUT2D eigenvalue weighted by molar-refractivity contribution is 4.96. The van der Waals surface area contributed by atoms with Crippen LogP contribution in [0.25, 0.3) is 0 Å². The van der Waals surface area contributed by atoms with Gasteiger partial charge in [0.2, 0.25) is 5.89 Å². The first kappa shape index (κ1) is 11.5. The molecule has 0 spiro atoms. The molecule has 90 valence electrons. The molecule has 1 fully saturated rings. The highest BCUT2D eigenvalue weighted by atomic mass is 16.5. The number of hydrogen-bond donors (Lipinski definition) is 1. The molecule has 1 aliphatic heterocycles. The van der Waals surface area contributed by atoms with Crippen molar-refractivity contribution in [1.82, 2.24) is 10.1 Å². The van der Waals surface area contributed by atoms with Crippen molar-refractivity contribution in [1.29, 1.82) is 0 Å². The van der Waals surface area contributed by atoms with Crippen LogP contribution in [0.5, 0.6) is 0 Å². The van der Waals surface area contributed by atoms with E-state index in [4.69, 9.17) is 15.0 Å². The van der Waals surface area contributed by atoms with Gasteiger partial charge >= 0.3 is 0 Å². The van der Waals surface area contributed by atoms with Crippen LogP contribution in [0.2, 0.25) is 0 Å². The fraction of sp³-hybridized carbons (Fsp3) is 0.818. The largest absolute Gasteiger partial charge is 0.381 e. The van der Waals surface area contributed by atoms with Crippen molar-refractivity contribution in [2.24, 2.45) is 5.73 Å². The summed E-state index contributed by atoms with van der Waals surface area (Å²) in [5.74, 6) is 1.85. The van der Waals surface area contributed by atoms with Gasteiger partial charge in [0.15, 0.2) is 5.82 Å². The van der Waals surface area contributed by atoms with Crippen molar-refractivity contribution in [2.45, 2.75) is 44.6 Å². The zero-order chi connectivity index (χ0) is 11.4. The van der Waals surface area contributed by atoms with Crippen LogP contribution in [0.15, 0.2) is 4.52 Å². The number of nitrogens with two attached hydrogens (primary N) is 1. The van der Waals surface area contributed by atoms with E-state index in [1.54, 1.807) is 0 Å². The first-order valence-corrected chi connectivity index (χ1v) is 5.95. The van der Waals surface area contributed by atoms with Gasteiger partial charge in [-0.2, -0.15) is 4.98 Å². The lowest BCUT2D eigenvalue weighted by Gasteiger charge is -2.17. The van der Waals surface area contributed by atoms with Crippen LogP contribution in [-0.4, -0.2) is 29.4 Å². The third-order valence-electron chi connectivity index (χ3n) is 3.02. The Kier molecular flexibility index (Phi) is 3.90. The van der Waals surface area contributed by atoms with Crippen molar-refractivity contribution in [3.63, 3.8) is 0 Å². The molecule has 1 saturated heterocycles. The Labute approximate surface area is 95.3 Å². The lowest BCUT2D eigenvalue weighted by atomic mass is 10.0. The Bertz CT molecular complexity index is 321. The van der Waals surface area contributed by atoms with Crippen LogP contribution in [0.4, 0.5) is 0 Å². The van der Waals surface area contributed by atoms with Crippen LogP contribution < -0.4 is 5.73 Å². The van der Waals surface area contributed by atoms with Crippen molar-refractivity contribution in [3.8, 4) is 0 Å². The summed E-state index contributed by atoms with van der Waals surface area (Å²) in [6.45, 7) is 3.64. The molecule has 1 atom stereocenters. The molecule has 1 aliphatic rings. The van der Waals surface area contributed by atoms with Gasteiger partial charge in [-0.15, -0.1) is 0 Å². The molecule has 1 aromatic rings. The highest BCUT2D eigenvalue weighted by Gasteiger charge is 2.22.